The number of benzene rings is 8. The second-order valence-electron chi connectivity index (χ2n) is 12.6. The van der Waals surface area contributed by atoms with E-state index in [0.717, 1.165) is 33.7 Å². The minimum Gasteiger partial charge on any atom is -0.294 e. The molecule has 2 heterocycles. The summed E-state index contributed by atoms with van der Waals surface area (Å²) in [4.78, 5) is 10.2. The zero-order valence-electron chi connectivity index (χ0n) is 26.6. The van der Waals surface area contributed by atoms with Gasteiger partial charge in [-0.3, -0.25) is 4.57 Å². The summed E-state index contributed by atoms with van der Waals surface area (Å²) in [6, 6.07) is 62.7. The Balaban J connectivity index is 1.18. The second-order valence-corrected chi connectivity index (χ2v) is 12.6. The first-order valence-electron chi connectivity index (χ1n) is 16.7. The van der Waals surface area contributed by atoms with Gasteiger partial charge in [0.2, 0.25) is 0 Å². The van der Waals surface area contributed by atoms with Crippen molar-refractivity contribution in [3.05, 3.63) is 176 Å². The quantitative estimate of drug-likeness (QED) is 0.183. The van der Waals surface area contributed by atoms with Crippen LogP contribution in [0.1, 0.15) is 0 Å². The molecule has 0 aliphatic heterocycles. The fourth-order valence-electron chi connectivity index (χ4n) is 7.43. The molecule has 10 aromatic rings. The molecule has 228 valence electrons. The summed E-state index contributed by atoms with van der Waals surface area (Å²) in [6.45, 7) is 0. The van der Waals surface area contributed by atoms with E-state index in [1.807, 2.05) is 24.3 Å². The number of rotatable bonds is 4. The van der Waals surface area contributed by atoms with Crippen LogP contribution in [0.5, 0.6) is 0 Å². The van der Waals surface area contributed by atoms with E-state index in [0.29, 0.717) is 5.82 Å². The third kappa shape index (κ3) is 4.51. The highest BCUT2D eigenvalue weighted by Crippen LogP contribution is 2.39. The predicted molar refractivity (Wildman–Crippen MR) is 205 cm³/mol. The first-order chi connectivity index (χ1) is 24.3. The third-order valence-electron chi connectivity index (χ3n) is 9.78. The van der Waals surface area contributed by atoms with Gasteiger partial charge in [-0.25, -0.2) is 9.97 Å². The van der Waals surface area contributed by atoms with E-state index < -0.39 is 0 Å². The van der Waals surface area contributed by atoms with Crippen LogP contribution in [-0.2, 0) is 0 Å². The molecule has 0 saturated heterocycles. The monoisotopic (exact) mass is 623 g/mol. The van der Waals surface area contributed by atoms with Crippen LogP contribution < -0.4 is 0 Å². The van der Waals surface area contributed by atoms with Crippen LogP contribution in [0.25, 0.3) is 93.7 Å². The Morgan fingerprint density at radius 2 is 0.980 bits per heavy atom. The van der Waals surface area contributed by atoms with Gasteiger partial charge in [-0.15, -0.1) is 0 Å². The molecular weight excluding hydrogens is 595 g/mol. The summed E-state index contributed by atoms with van der Waals surface area (Å²) in [7, 11) is 0. The maximum atomic E-state index is 5.20. The van der Waals surface area contributed by atoms with Gasteiger partial charge in [-0.05, 0) is 67.7 Å². The normalized spacial score (nSPS) is 11.7. The van der Waals surface area contributed by atoms with Gasteiger partial charge in [-0.1, -0.05) is 146 Å². The smallest absolute Gasteiger partial charge is 0.162 e. The Labute approximate surface area is 283 Å². The van der Waals surface area contributed by atoms with Gasteiger partial charge >= 0.3 is 0 Å². The van der Waals surface area contributed by atoms with Gasteiger partial charge < -0.3 is 0 Å². The lowest BCUT2D eigenvalue weighted by atomic mass is 9.95. The fourth-order valence-corrected chi connectivity index (χ4v) is 7.43. The highest BCUT2D eigenvalue weighted by atomic mass is 15.1. The number of aromatic nitrogens is 3. The number of nitrogens with zero attached hydrogens (tertiary/aromatic N) is 3. The minimum absolute atomic E-state index is 0.705. The standard InChI is InChI=1S/C46H29N3/c1-3-12-32(13-4-1)41-29-44(48-46(47-41)33-14-5-2-6-15-33)49-42-18-10-9-17-39(42)45-38-25-23-34(27-36(38)24-26-43(45)49)35-22-21-31-20-19-30-11-7-8-16-37(30)40(31)28-35/h1-29H. The van der Waals surface area contributed by atoms with Gasteiger partial charge in [-0.2, -0.15) is 0 Å². The molecule has 0 bridgehead atoms. The van der Waals surface area contributed by atoms with Crippen molar-refractivity contribution < 1.29 is 0 Å². The van der Waals surface area contributed by atoms with Crippen molar-refractivity contribution in [2.45, 2.75) is 0 Å². The molecular formula is C46H29N3. The van der Waals surface area contributed by atoms with Crippen LogP contribution >= 0.6 is 0 Å². The van der Waals surface area contributed by atoms with Crippen LogP contribution in [0, 0.1) is 0 Å². The largest absolute Gasteiger partial charge is 0.294 e. The van der Waals surface area contributed by atoms with E-state index in [-0.39, 0.29) is 0 Å². The van der Waals surface area contributed by atoms with Crippen LogP contribution in [0.2, 0.25) is 0 Å². The Bertz CT molecular complexity index is 2810. The van der Waals surface area contributed by atoms with Crippen molar-refractivity contribution >= 4 is 54.1 Å². The van der Waals surface area contributed by atoms with E-state index in [1.165, 1.54) is 54.2 Å². The number of hydrogen-bond donors (Lipinski definition) is 0. The van der Waals surface area contributed by atoms with Gasteiger partial charge in [0, 0.05) is 28.0 Å². The number of hydrogen-bond acceptors (Lipinski definition) is 2. The summed E-state index contributed by atoms with van der Waals surface area (Å²) >= 11 is 0. The van der Waals surface area contributed by atoms with Crippen LogP contribution in [0.4, 0.5) is 0 Å². The average molecular weight is 624 g/mol. The molecule has 0 aliphatic rings. The Kier molecular flexibility index (Phi) is 6.18. The van der Waals surface area contributed by atoms with Crippen molar-refractivity contribution in [1.29, 1.82) is 0 Å². The molecule has 3 nitrogen and oxygen atoms in total. The Morgan fingerprint density at radius 3 is 1.82 bits per heavy atom. The summed E-state index contributed by atoms with van der Waals surface area (Å²) in [5, 5.41) is 9.95. The van der Waals surface area contributed by atoms with Crippen molar-refractivity contribution in [3.63, 3.8) is 0 Å². The molecule has 0 unspecified atom stereocenters. The summed E-state index contributed by atoms with van der Waals surface area (Å²) in [5.74, 6) is 1.55. The fraction of sp³-hybridized carbons (Fsp3) is 0. The molecule has 0 saturated carbocycles. The Hall–Kier alpha value is -6.58. The molecule has 10 rings (SSSR count). The van der Waals surface area contributed by atoms with Gasteiger partial charge in [0.1, 0.15) is 5.82 Å². The molecule has 3 heteroatoms. The van der Waals surface area contributed by atoms with E-state index in [9.17, 15) is 0 Å². The van der Waals surface area contributed by atoms with Gasteiger partial charge in [0.05, 0.1) is 16.7 Å². The van der Waals surface area contributed by atoms with Crippen molar-refractivity contribution in [3.8, 4) is 39.6 Å². The summed E-state index contributed by atoms with van der Waals surface area (Å²) in [5.41, 5.74) is 7.61. The second kappa shape index (κ2) is 11.0. The lowest BCUT2D eigenvalue weighted by Gasteiger charge is -2.12. The minimum atomic E-state index is 0.705. The van der Waals surface area contributed by atoms with Crippen molar-refractivity contribution in [2.75, 3.05) is 0 Å². The van der Waals surface area contributed by atoms with E-state index in [2.05, 4.69) is 156 Å². The topological polar surface area (TPSA) is 30.7 Å². The predicted octanol–water partition coefficient (Wildman–Crippen LogP) is 12.0. The van der Waals surface area contributed by atoms with Gasteiger partial charge in [0.15, 0.2) is 5.82 Å². The molecule has 0 radical (unpaired) electrons. The average Bonchev–Trinajstić information content (AvgIpc) is 3.53. The molecule has 0 N–H and O–H groups in total. The molecule has 2 aromatic heterocycles. The zero-order chi connectivity index (χ0) is 32.3. The molecule has 0 spiro atoms. The zero-order valence-corrected chi connectivity index (χ0v) is 26.6. The molecule has 0 atom stereocenters. The van der Waals surface area contributed by atoms with E-state index in [1.54, 1.807) is 0 Å². The molecule has 8 aromatic carbocycles. The SMILES string of the molecule is c1ccc(-c2cc(-n3c4ccccc4c4c5ccc(-c6ccc7ccc8ccccc8c7c6)cc5ccc43)nc(-c3ccccc3)n2)cc1. The third-order valence-corrected chi connectivity index (χ3v) is 9.78. The van der Waals surface area contributed by atoms with Crippen LogP contribution in [0.3, 0.4) is 0 Å². The molecule has 49 heavy (non-hydrogen) atoms. The molecule has 0 aliphatic carbocycles. The first-order valence-corrected chi connectivity index (χ1v) is 16.7. The first kappa shape index (κ1) is 27.5. The highest BCUT2D eigenvalue weighted by molar-refractivity contribution is 6.21. The van der Waals surface area contributed by atoms with E-state index >= 15 is 0 Å². The van der Waals surface area contributed by atoms with Crippen molar-refractivity contribution in [1.82, 2.24) is 14.5 Å². The Morgan fingerprint density at radius 1 is 0.347 bits per heavy atom. The maximum absolute atomic E-state index is 5.20. The maximum Gasteiger partial charge on any atom is 0.162 e. The van der Waals surface area contributed by atoms with E-state index in [4.69, 9.17) is 9.97 Å². The van der Waals surface area contributed by atoms with Crippen LogP contribution in [0.15, 0.2) is 176 Å². The lowest BCUT2D eigenvalue weighted by Crippen LogP contribution is -2.02. The number of fused-ring (bicyclic) bond motifs is 8. The van der Waals surface area contributed by atoms with Crippen LogP contribution in [-0.4, -0.2) is 14.5 Å². The lowest BCUT2D eigenvalue weighted by molar-refractivity contribution is 1.05. The van der Waals surface area contributed by atoms with Gasteiger partial charge in [0.25, 0.3) is 0 Å². The highest BCUT2D eigenvalue weighted by Gasteiger charge is 2.18. The summed E-state index contributed by atoms with van der Waals surface area (Å²) < 4.78 is 2.30. The molecule has 0 amide bonds. The number of para-hydroxylation sites is 1. The molecule has 0 fully saturated rings. The summed E-state index contributed by atoms with van der Waals surface area (Å²) in [6.07, 6.45) is 0. The van der Waals surface area contributed by atoms with Crippen molar-refractivity contribution in [2.24, 2.45) is 0 Å².